The van der Waals surface area contributed by atoms with Crippen LogP contribution in [0.3, 0.4) is 0 Å². The summed E-state index contributed by atoms with van der Waals surface area (Å²) in [5, 5.41) is 16.5. The number of aromatic nitrogens is 2. The van der Waals surface area contributed by atoms with Crippen LogP contribution < -0.4 is 23.8 Å². The first kappa shape index (κ1) is 29.2. The van der Waals surface area contributed by atoms with Gasteiger partial charge in [-0.1, -0.05) is 0 Å². The molecule has 1 heterocycles. The van der Waals surface area contributed by atoms with E-state index in [9.17, 15) is 13.2 Å². The first-order chi connectivity index (χ1) is 11.8. The van der Waals surface area contributed by atoms with Crippen molar-refractivity contribution in [3.63, 3.8) is 0 Å². The molecule has 0 saturated heterocycles. The third-order valence-corrected chi connectivity index (χ3v) is 2.11. The van der Waals surface area contributed by atoms with Gasteiger partial charge in [0.15, 0.2) is 0 Å². The summed E-state index contributed by atoms with van der Waals surface area (Å²) >= 11 is 0. The summed E-state index contributed by atoms with van der Waals surface area (Å²) < 4.78 is 54.4. The number of halogens is 3. The maximum atomic E-state index is 11.9. The van der Waals surface area contributed by atoms with Gasteiger partial charge in [-0.2, -0.15) is 23.7 Å². The van der Waals surface area contributed by atoms with Crippen molar-refractivity contribution in [1.29, 1.82) is 10.5 Å². The minimum absolute atomic E-state index is 0. The fourth-order valence-electron chi connectivity index (χ4n) is 0.959. The van der Waals surface area contributed by atoms with Gasteiger partial charge in [-0.3, -0.25) is 0 Å². The third-order valence-electron chi connectivity index (χ3n) is 2.11. The smallest absolute Gasteiger partial charge is 0.422 e. The normalized spacial score (nSPS) is 9.42. The van der Waals surface area contributed by atoms with Crippen molar-refractivity contribution in [3.8, 4) is 12.1 Å². The topological polar surface area (TPSA) is 111 Å². The van der Waals surface area contributed by atoms with Crippen molar-refractivity contribution in [2.45, 2.75) is 6.18 Å². The molecule has 0 fully saturated rings. The van der Waals surface area contributed by atoms with E-state index in [1.807, 2.05) is 0 Å². The Morgan fingerprint density at radius 3 is 1.46 bits per heavy atom. The number of nitriles is 2. The van der Waals surface area contributed by atoms with Gasteiger partial charge in [0.2, 0.25) is 0 Å². The Balaban J connectivity index is -0.000000345. The van der Waals surface area contributed by atoms with Gasteiger partial charge in [0.25, 0.3) is 0 Å². The van der Waals surface area contributed by atoms with Crippen LogP contribution in [0.1, 0.15) is 17.2 Å². The molecule has 1 rings (SSSR count). The van der Waals surface area contributed by atoms with E-state index in [1.54, 1.807) is 28.4 Å². The Bertz CT molecular complexity index is 494. The average molecular weight is 372 g/mol. The molecule has 0 aliphatic rings. The molecule has 1 aromatic rings. The molecule has 142 valence electrons. The molecule has 0 aliphatic carbocycles. The fourth-order valence-corrected chi connectivity index (χ4v) is 0.959. The van der Waals surface area contributed by atoms with Crippen molar-refractivity contribution in [2.75, 3.05) is 54.9 Å². The molecule has 0 radical (unpaired) electrons. The van der Waals surface area contributed by atoms with Gasteiger partial charge < -0.3 is 28.9 Å². The van der Waals surface area contributed by atoms with Crippen LogP contribution in [0.4, 0.5) is 13.2 Å². The van der Waals surface area contributed by atoms with Crippen molar-refractivity contribution < 1.29 is 51.0 Å². The molecule has 8 nitrogen and oxygen atoms in total. The van der Waals surface area contributed by atoms with Crippen LogP contribution in [0.5, 0.6) is 0 Å². The van der Waals surface area contributed by atoms with Crippen LogP contribution in [0, 0.1) is 22.7 Å². The van der Waals surface area contributed by atoms with Gasteiger partial charge in [0.1, 0.15) is 0 Å². The number of methoxy groups -OCH3 is 4. The molecule has 0 saturated carbocycles. The van der Waals surface area contributed by atoms with Gasteiger partial charge in [-0.25, -0.2) is 0 Å². The SMILES string of the molecule is COCCOC.COCCOC.N#Cc1nc(C(F)(F)F)[n-]c1C#N.[Li+]. The zero-order valence-electron chi connectivity index (χ0n) is 15.4. The number of hydrogen-bond acceptors (Lipinski definition) is 7. The van der Waals surface area contributed by atoms with Crippen molar-refractivity contribution in [2.24, 2.45) is 0 Å². The van der Waals surface area contributed by atoms with E-state index in [4.69, 9.17) is 10.5 Å². The largest absolute Gasteiger partial charge is 1.00 e. The van der Waals surface area contributed by atoms with Crippen LogP contribution in [0.2, 0.25) is 0 Å². The van der Waals surface area contributed by atoms with E-state index in [0.717, 1.165) is 0 Å². The maximum absolute atomic E-state index is 11.9. The number of alkyl halides is 3. The molecule has 0 amide bonds. The monoisotopic (exact) mass is 372 g/mol. The van der Waals surface area contributed by atoms with Crippen LogP contribution in [-0.2, 0) is 25.1 Å². The second-order valence-electron chi connectivity index (χ2n) is 3.94. The van der Waals surface area contributed by atoms with Gasteiger partial charge >= 0.3 is 25.0 Å². The van der Waals surface area contributed by atoms with Crippen molar-refractivity contribution in [1.82, 2.24) is 9.97 Å². The Labute approximate surface area is 162 Å². The summed E-state index contributed by atoms with van der Waals surface area (Å²) in [4.78, 5) is 5.70. The molecule has 12 heteroatoms. The van der Waals surface area contributed by atoms with E-state index in [2.05, 4.69) is 28.9 Å². The van der Waals surface area contributed by atoms with Gasteiger partial charge in [0, 0.05) is 34.3 Å². The molecule has 1 aromatic heterocycles. The Hall–Kier alpha value is -1.58. The number of ether oxygens (including phenoxy) is 4. The second kappa shape index (κ2) is 18.2. The fraction of sp³-hybridized carbons (Fsp3) is 0.643. The summed E-state index contributed by atoms with van der Waals surface area (Å²) in [5.41, 5.74) is -1.20. The summed E-state index contributed by atoms with van der Waals surface area (Å²) in [7, 11) is 6.61. The van der Waals surface area contributed by atoms with E-state index in [1.165, 1.54) is 12.1 Å². The Kier molecular flexibility index (Phi) is 20.5. The van der Waals surface area contributed by atoms with E-state index < -0.39 is 23.4 Å². The molecule has 26 heavy (non-hydrogen) atoms. The first-order valence-corrected chi connectivity index (χ1v) is 6.70. The van der Waals surface area contributed by atoms with Gasteiger partial charge in [-0.15, -0.1) is 0 Å². The predicted octanol–water partition coefficient (Wildman–Crippen LogP) is -1.64. The Morgan fingerprint density at radius 1 is 0.885 bits per heavy atom. The minimum atomic E-state index is -4.72. The third kappa shape index (κ3) is 14.7. The van der Waals surface area contributed by atoms with Crippen molar-refractivity contribution >= 4 is 0 Å². The van der Waals surface area contributed by atoms with Crippen LogP contribution in [-0.4, -0.2) is 59.9 Å². The minimum Gasteiger partial charge on any atom is -0.422 e. The summed E-state index contributed by atoms with van der Waals surface area (Å²) in [6, 6.07) is 2.69. The predicted molar refractivity (Wildman–Crippen MR) is 79.5 cm³/mol. The van der Waals surface area contributed by atoms with Crippen LogP contribution in [0.25, 0.3) is 0 Å². The Morgan fingerprint density at radius 2 is 1.27 bits per heavy atom. The molecule has 0 aromatic carbocycles. The number of hydrogen-bond donors (Lipinski definition) is 0. The van der Waals surface area contributed by atoms with Gasteiger partial charge in [0.05, 0.1) is 50.0 Å². The van der Waals surface area contributed by atoms with Crippen LogP contribution >= 0.6 is 0 Å². The maximum Gasteiger partial charge on any atom is 1.00 e. The standard InChI is InChI=1S/C6F3N4.2C4H10O2.Li/c7-6(8,9)5-12-3(1-10)4(2-11)13-5;2*1-5-3-4-6-2;/h;2*3-4H2,1-2H3;/q-1;;;+1. The summed E-state index contributed by atoms with van der Waals surface area (Å²) in [6.07, 6.45) is -4.72. The molecule has 0 spiro atoms. The number of nitrogens with zero attached hydrogens (tertiary/aromatic N) is 4. The molecule has 0 bridgehead atoms. The molecule has 0 aliphatic heterocycles. The molecular weight excluding hydrogens is 352 g/mol. The van der Waals surface area contributed by atoms with Crippen molar-refractivity contribution in [3.05, 3.63) is 17.2 Å². The van der Waals surface area contributed by atoms with E-state index in [0.29, 0.717) is 26.4 Å². The molecular formula is C14H20F3LiN4O4. The molecule has 0 atom stereocenters. The molecule has 0 unspecified atom stereocenters. The van der Waals surface area contributed by atoms with E-state index >= 15 is 0 Å². The molecule has 0 N–H and O–H groups in total. The first-order valence-electron chi connectivity index (χ1n) is 6.70. The second-order valence-corrected chi connectivity index (χ2v) is 3.94. The quantitative estimate of drug-likeness (QED) is 0.432. The number of rotatable bonds is 6. The van der Waals surface area contributed by atoms with E-state index in [-0.39, 0.29) is 18.9 Å². The zero-order chi connectivity index (χ0) is 19.7. The number of imidazole rings is 1. The van der Waals surface area contributed by atoms with Crippen LogP contribution in [0.15, 0.2) is 0 Å². The summed E-state index contributed by atoms with van der Waals surface area (Å²) in [5.74, 6) is -1.46. The summed E-state index contributed by atoms with van der Waals surface area (Å²) in [6.45, 7) is 2.76. The van der Waals surface area contributed by atoms with Gasteiger partial charge in [-0.05, 0) is 0 Å². The average Bonchev–Trinajstić information content (AvgIpc) is 3.03. The zero-order valence-corrected chi connectivity index (χ0v) is 15.4.